The molecule has 6 heteroatoms. The first-order valence-corrected chi connectivity index (χ1v) is 21.4. The topological polar surface area (TPSA) is 78.9 Å². The maximum Gasteiger partial charge on any atom is 0.309 e. The van der Waals surface area contributed by atoms with Crippen LogP contribution in [0.15, 0.2) is 72.9 Å². The summed E-state index contributed by atoms with van der Waals surface area (Å²) >= 11 is 0. The number of hydrogen-bond acceptors (Lipinski definition) is 6. The fourth-order valence-electron chi connectivity index (χ4n) is 5.57. The minimum atomic E-state index is -0.825. The predicted molar refractivity (Wildman–Crippen MR) is 224 cm³/mol. The SMILES string of the molecule is CC/C=C\C/C=C\C/C=C\CCCCC(=O)OC(COC(=O)C/C=C\C/C=C\C/C=C\CC)COC(=O)CCCCCCCCCCCCCCCC. The number of carbonyl (C=O) groups is 3. The number of carbonyl (C=O) groups excluding carboxylic acids is 3. The van der Waals surface area contributed by atoms with E-state index in [4.69, 9.17) is 14.2 Å². The highest BCUT2D eigenvalue weighted by molar-refractivity contribution is 5.72. The summed E-state index contributed by atoms with van der Waals surface area (Å²) in [4.78, 5) is 37.5. The van der Waals surface area contributed by atoms with Gasteiger partial charge >= 0.3 is 17.9 Å². The third-order valence-electron chi connectivity index (χ3n) is 8.74. The average Bonchev–Trinajstić information content (AvgIpc) is 3.15. The van der Waals surface area contributed by atoms with Crippen LogP contribution in [0.5, 0.6) is 0 Å². The molecular weight excluding hydrogens is 661 g/mol. The zero-order chi connectivity index (χ0) is 38.7. The van der Waals surface area contributed by atoms with E-state index < -0.39 is 12.1 Å². The standard InChI is InChI=1S/C47H78O6/c1-4-7-10-13-16-19-21-23-24-26-28-31-34-37-40-46(49)52-43-44(42-51-45(48)39-36-33-30-27-18-15-12-9-6-3)53-47(50)41-38-35-32-29-25-22-20-17-14-11-8-5-2/h8-9,11-12,17-18,20,25,27,29,33,36,44H,4-7,10,13-16,19,21-24,26,28,30-32,34-35,37-43H2,1-3H3/b11-8-,12-9-,20-17-,27-18-,29-25-,36-33-. The zero-order valence-electron chi connectivity index (χ0n) is 34.3. The van der Waals surface area contributed by atoms with Crippen molar-refractivity contribution in [2.75, 3.05) is 13.2 Å². The van der Waals surface area contributed by atoms with Crippen molar-refractivity contribution in [1.29, 1.82) is 0 Å². The van der Waals surface area contributed by atoms with E-state index in [-0.39, 0.29) is 38.0 Å². The molecule has 0 saturated carbocycles. The second-order valence-electron chi connectivity index (χ2n) is 13.9. The van der Waals surface area contributed by atoms with Gasteiger partial charge in [0.25, 0.3) is 0 Å². The van der Waals surface area contributed by atoms with Crippen LogP contribution < -0.4 is 0 Å². The van der Waals surface area contributed by atoms with Crippen LogP contribution in [0.4, 0.5) is 0 Å². The molecule has 0 N–H and O–H groups in total. The number of allylic oxidation sites excluding steroid dienone is 11. The summed E-state index contributed by atoms with van der Waals surface area (Å²) < 4.78 is 16.5. The molecule has 6 nitrogen and oxygen atoms in total. The average molecular weight is 739 g/mol. The van der Waals surface area contributed by atoms with Crippen LogP contribution in [0.3, 0.4) is 0 Å². The first-order valence-electron chi connectivity index (χ1n) is 21.4. The Morgan fingerprint density at radius 3 is 1.32 bits per heavy atom. The molecule has 0 aromatic heterocycles. The summed E-state index contributed by atoms with van der Waals surface area (Å²) in [7, 11) is 0. The van der Waals surface area contributed by atoms with Crippen LogP contribution in [0.1, 0.15) is 188 Å². The van der Waals surface area contributed by atoms with Crippen LogP contribution in [-0.2, 0) is 28.6 Å². The van der Waals surface area contributed by atoms with Crippen LogP contribution in [-0.4, -0.2) is 37.2 Å². The Labute approximate surface area is 325 Å². The fraction of sp³-hybridized carbons (Fsp3) is 0.681. The van der Waals surface area contributed by atoms with Crippen molar-refractivity contribution < 1.29 is 28.6 Å². The highest BCUT2D eigenvalue weighted by Gasteiger charge is 2.19. The Morgan fingerprint density at radius 2 is 0.811 bits per heavy atom. The van der Waals surface area contributed by atoms with Crippen molar-refractivity contribution in [3.63, 3.8) is 0 Å². The van der Waals surface area contributed by atoms with Gasteiger partial charge in [0.15, 0.2) is 6.10 Å². The lowest BCUT2D eigenvalue weighted by Gasteiger charge is -2.18. The minimum Gasteiger partial charge on any atom is -0.462 e. The molecule has 53 heavy (non-hydrogen) atoms. The van der Waals surface area contributed by atoms with Crippen LogP contribution in [0.2, 0.25) is 0 Å². The molecule has 0 spiro atoms. The third kappa shape index (κ3) is 39.9. The molecule has 0 radical (unpaired) electrons. The van der Waals surface area contributed by atoms with Gasteiger partial charge in [-0.15, -0.1) is 0 Å². The second kappa shape index (κ2) is 41.6. The molecule has 0 amide bonds. The minimum absolute atomic E-state index is 0.117. The molecule has 0 saturated heterocycles. The number of ether oxygens (including phenoxy) is 3. The number of rotatable bonds is 37. The fourth-order valence-corrected chi connectivity index (χ4v) is 5.57. The molecule has 0 aliphatic carbocycles. The molecule has 0 bridgehead atoms. The van der Waals surface area contributed by atoms with Crippen molar-refractivity contribution >= 4 is 17.9 Å². The maximum atomic E-state index is 12.6. The van der Waals surface area contributed by atoms with Crippen molar-refractivity contribution in [3.05, 3.63) is 72.9 Å². The summed E-state index contributed by atoms with van der Waals surface area (Å²) in [5, 5.41) is 0. The zero-order valence-corrected chi connectivity index (χ0v) is 34.3. The van der Waals surface area contributed by atoms with Crippen molar-refractivity contribution in [1.82, 2.24) is 0 Å². The van der Waals surface area contributed by atoms with Crippen LogP contribution in [0, 0.1) is 0 Å². The van der Waals surface area contributed by atoms with Crippen LogP contribution in [0.25, 0.3) is 0 Å². The van der Waals surface area contributed by atoms with Crippen molar-refractivity contribution in [2.24, 2.45) is 0 Å². The summed E-state index contributed by atoms with van der Waals surface area (Å²) in [6.45, 7) is 6.25. The molecule has 0 rings (SSSR count). The summed E-state index contributed by atoms with van der Waals surface area (Å²) in [6, 6.07) is 0. The number of esters is 3. The van der Waals surface area contributed by atoms with Gasteiger partial charge in [-0.3, -0.25) is 14.4 Å². The van der Waals surface area contributed by atoms with E-state index in [1.54, 1.807) is 6.08 Å². The van der Waals surface area contributed by atoms with E-state index in [2.05, 4.69) is 81.5 Å². The summed E-state index contributed by atoms with van der Waals surface area (Å²) in [5.74, 6) is -1.09. The van der Waals surface area contributed by atoms with E-state index in [0.29, 0.717) is 12.8 Å². The second-order valence-corrected chi connectivity index (χ2v) is 13.9. The lowest BCUT2D eigenvalue weighted by molar-refractivity contribution is -0.166. The Balaban J connectivity index is 4.48. The Kier molecular flexibility index (Phi) is 39.1. The largest absolute Gasteiger partial charge is 0.462 e. The molecule has 0 aliphatic heterocycles. The monoisotopic (exact) mass is 739 g/mol. The van der Waals surface area contributed by atoms with Crippen molar-refractivity contribution in [2.45, 2.75) is 194 Å². The normalized spacial score (nSPS) is 12.7. The maximum absolute atomic E-state index is 12.6. The molecule has 0 aliphatic rings. The van der Waals surface area contributed by atoms with Gasteiger partial charge in [0.05, 0.1) is 6.42 Å². The van der Waals surface area contributed by atoms with E-state index in [9.17, 15) is 14.4 Å². The van der Waals surface area contributed by atoms with E-state index >= 15 is 0 Å². The van der Waals surface area contributed by atoms with Gasteiger partial charge in [0.2, 0.25) is 0 Å². The Hall–Kier alpha value is -3.15. The molecule has 1 atom stereocenters. The van der Waals surface area contributed by atoms with E-state index in [0.717, 1.165) is 70.6 Å². The molecule has 0 aromatic rings. The number of hydrogen-bond donors (Lipinski definition) is 0. The van der Waals surface area contributed by atoms with Gasteiger partial charge in [-0.1, -0.05) is 177 Å². The van der Waals surface area contributed by atoms with E-state index in [1.165, 1.54) is 70.6 Å². The first-order chi connectivity index (χ1) is 26.0. The molecule has 1 unspecified atom stereocenters. The first kappa shape index (κ1) is 49.9. The Bertz CT molecular complexity index is 1030. The number of unbranched alkanes of at least 4 members (excludes halogenated alkanes) is 15. The van der Waals surface area contributed by atoms with Gasteiger partial charge in [-0.25, -0.2) is 0 Å². The van der Waals surface area contributed by atoms with Gasteiger partial charge in [0, 0.05) is 12.8 Å². The smallest absolute Gasteiger partial charge is 0.309 e. The van der Waals surface area contributed by atoms with Crippen molar-refractivity contribution in [3.8, 4) is 0 Å². The molecular formula is C47H78O6. The van der Waals surface area contributed by atoms with Gasteiger partial charge < -0.3 is 14.2 Å². The third-order valence-corrected chi connectivity index (χ3v) is 8.74. The summed E-state index contributed by atoms with van der Waals surface area (Å²) in [5.41, 5.74) is 0. The highest BCUT2D eigenvalue weighted by Crippen LogP contribution is 2.14. The Morgan fingerprint density at radius 1 is 0.415 bits per heavy atom. The quantitative estimate of drug-likeness (QED) is 0.0273. The lowest BCUT2D eigenvalue weighted by atomic mass is 10.0. The summed E-state index contributed by atoms with van der Waals surface area (Å²) in [6.07, 6.45) is 50.7. The molecule has 0 fully saturated rings. The molecule has 302 valence electrons. The highest BCUT2D eigenvalue weighted by atomic mass is 16.6. The lowest BCUT2D eigenvalue weighted by Crippen LogP contribution is -2.30. The van der Waals surface area contributed by atoms with Gasteiger partial charge in [-0.2, -0.15) is 0 Å². The predicted octanol–water partition coefficient (Wildman–Crippen LogP) is 13.5. The van der Waals surface area contributed by atoms with Gasteiger partial charge in [-0.05, 0) is 64.2 Å². The van der Waals surface area contributed by atoms with Gasteiger partial charge in [0.1, 0.15) is 13.2 Å². The van der Waals surface area contributed by atoms with E-state index in [1.807, 2.05) is 6.08 Å². The molecule has 0 heterocycles. The molecule has 0 aromatic carbocycles. The van der Waals surface area contributed by atoms with Crippen LogP contribution >= 0.6 is 0 Å².